The fourth-order valence-corrected chi connectivity index (χ4v) is 4.32. The molecule has 1 heterocycles. The number of hydrogen-bond donors (Lipinski definition) is 1. The highest BCUT2D eigenvalue weighted by Crippen LogP contribution is 2.24. The van der Waals surface area contributed by atoms with Gasteiger partial charge in [0, 0.05) is 22.5 Å². The van der Waals surface area contributed by atoms with Crippen molar-refractivity contribution in [1.82, 2.24) is 10.2 Å². The molecule has 1 aromatic carbocycles. The van der Waals surface area contributed by atoms with Crippen LogP contribution < -0.4 is 5.32 Å². The number of likely N-dealkylation sites (tertiary alicyclic amines) is 1. The first kappa shape index (κ1) is 19.4. The number of halogens is 1. The Labute approximate surface area is 161 Å². The van der Waals surface area contributed by atoms with Crippen LogP contribution in [0.25, 0.3) is 0 Å². The maximum atomic E-state index is 12.6. The molecular formula is C21H29ClN2O2. The third-order valence-corrected chi connectivity index (χ3v) is 6.16. The van der Waals surface area contributed by atoms with Gasteiger partial charge >= 0.3 is 0 Å². The number of carbonyl (C=O) groups is 2. The minimum Gasteiger partial charge on any atom is -0.352 e. The van der Waals surface area contributed by atoms with Crippen LogP contribution in [0.4, 0.5) is 0 Å². The summed E-state index contributed by atoms with van der Waals surface area (Å²) >= 11 is 5.89. The largest absolute Gasteiger partial charge is 0.352 e. The molecule has 2 atom stereocenters. The Morgan fingerprint density at radius 2 is 1.73 bits per heavy atom. The number of rotatable bonds is 5. The summed E-state index contributed by atoms with van der Waals surface area (Å²) in [6.45, 7) is 4.29. The van der Waals surface area contributed by atoms with Crippen LogP contribution in [0.5, 0.6) is 0 Å². The minimum absolute atomic E-state index is 0.0499. The van der Waals surface area contributed by atoms with Gasteiger partial charge in [-0.3, -0.25) is 14.5 Å². The molecule has 2 aliphatic rings. The van der Waals surface area contributed by atoms with E-state index in [1.165, 1.54) is 19.3 Å². The van der Waals surface area contributed by atoms with Gasteiger partial charge in [-0.25, -0.2) is 0 Å². The number of hydrogen-bond acceptors (Lipinski definition) is 3. The average molecular weight is 377 g/mol. The molecule has 0 aromatic heterocycles. The van der Waals surface area contributed by atoms with Gasteiger partial charge in [-0.2, -0.15) is 0 Å². The summed E-state index contributed by atoms with van der Waals surface area (Å²) in [4.78, 5) is 27.1. The normalized spacial score (nSPS) is 25.0. The summed E-state index contributed by atoms with van der Waals surface area (Å²) in [6.07, 6.45) is 6.44. The van der Waals surface area contributed by atoms with Crippen molar-refractivity contribution in [2.24, 2.45) is 11.8 Å². The maximum Gasteiger partial charge on any atom is 0.234 e. The van der Waals surface area contributed by atoms with Crippen molar-refractivity contribution in [2.75, 3.05) is 19.6 Å². The predicted octanol–water partition coefficient (Wildman–Crippen LogP) is 3.93. The smallest absolute Gasteiger partial charge is 0.234 e. The second-order valence-corrected chi connectivity index (χ2v) is 8.29. The molecule has 1 saturated heterocycles. The van der Waals surface area contributed by atoms with E-state index in [4.69, 9.17) is 11.6 Å². The minimum atomic E-state index is 0.0499. The number of nitrogens with one attached hydrogen (secondary N) is 1. The van der Waals surface area contributed by atoms with Gasteiger partial charge in [0.05, 0.1) is 6.54 Å². The van der Waals surface area contributed by atoms with Crippen molar-refractivity contribution in [2.45, 2.75) is 51.5 Å². The Morgan fingerprint density at radius 1 is 1.08 bits per heavy atom. The van der Waals surface area contributed by atoms with Crippen LogP contribution in [0.3, 0.4) is 0 Å². The summed E-state index contributed by atoms with van der Waals surface area (Å²) in [5.74, 6) is 0.956. The Kier molecular flexibility index (Phi) is 6.71. The van der Waals surface area contributed by atoms with E-state index in [1.54, 1.807) is 24.3 Å². The Balaban J connectivity index is 1.44. The molecule has 3 rings (SSSR count). The monoisotopic (exact) mass is 376 g/mol. The molecule has 26 heavy (non-hydrogen) atoms. The lowest BCUT2D eigenvalue weighted by atomic mass is 9.86. The zero-order valence-corrected chi connectivity index (χ0v) is 16.3. The zero-order chi connectivity index (χ0) is 18.5. The molecule has 4 nitrogen and oxygen atoms in total. The van der Waals surface area contributed by atoms with Gasteiger partial charge in [0.2, 0.25) is 5.91 Å². The highest BCUT2D eigenvalue weighted by molar-refractivity contribution is 6.30. The third-order valence-electron chi connectivity index (χ3n) is 5.91. The Morgan fingerprint density at radius 3 is 2.38 bits per heavy atom. The second-order valence-electron chi connectivity index (χ2n) is 7.86. The SMILES string of the molecule is C[C@H]1CCCC[C@H]1NC(=O)CN1CCC(C(=O)c2ccc(Cl)cc2)CC1. The molecule has 1 aromatic rings. The Hall–Kier alpha value is -1.39. The van der Waals surface area contributed by atoms with Crippen molar-refractivity contribution < 1.29 is 9.59 Å². The van der Waals surface area contributed by atoms with E-state index >= 15 is 0 Å². The molecule has 0 radical (unpaired) electrons. The third kappa shape index (κ3) is 5.08. The number of nitrogens with zero attached hydrogens (tertiary/aromatic N) is 1. The average Bonchev–Trinajstić information content (AvgIpc) is 2.64. The number of piperidine rings is 1. The highest BCUT2D eigenvalue weighted by Gasteiger charge is 2.28. The van der Waals surface area contributed by atoms with Crippen LogP contribution in [0.2, 0.25) is 5.02 Å². The quantitative estimate of drug-likeness (QED) is 0.792. The summed E-state index contributed by atoms with van der Waals surface area (Å²) in [5, 5.41) is 3.87. The first-order valence-electron chi connectivity index (χ1n) is 9.84. The number of ketones is 1. The van der Waals surface area contributed by atoms with E-state index in [-0.39, 0.29) is 17.6 Å². The van der Waals surface area contributed by atoms with Crippen molar-refractivity contribution in [3.8, 4) is 0 Å². The van der Waals surface area contributed by atoms with E-state index in [1.807, 2.05) is 0 Å². The van der Waals surface area contributed by atoms with Crippen molar-refractivity contribution in [3.05, 3.63) is 34.9 Å². The van der Waals surface area contributed by atoms with E-state index in [0.29, 0.717) is 23.5 Å². The number of amides is 1. The molecule has 1 amide bonds. The summed E-state index contributed by atoms with van der Waals surface area (Å²) in [6, 6.07) is 7.47. The number of Topliss-reactive ketones (excluding diaryl/α,β-unsaturated/α-hetero) is 1. The van der Waals surface area contributed by atoms with Gasteiger partial charge in [-0.1, -0.05) is 31.4 Å². The molecule has 1 aliphatic heterocycles. The van der Waals surface area contributed by atoms with Crippen LogP contribution in [-0.4, -0.2) is 42.3 Å². The van der Waals surface area contributed by atoms with E-state index in [9.17, 15) is 9.59 Å². The molecule has 0 spiro atoms. The van der Waals surface area contributed by atoms with Crippen molar-refractivity contribution >= 4 is 23.3 Å². The fourth-order valence-electron chi connectivity index (χ4n) is 4.19. The van der Waals surface area contributed by atoms with Crippen LogP contribution >= 0.6 is 11.6 Å². The van der Waals surface area contributed by atoms with Gasteiger partial charge < -0.3 is 5.32 Å². The first-order chi connectivity index (χ1) is 12.5. The fraction of sp³-hybridized carbons (Fsp3) is 0.619. The molecule has 0 bridgehead atoms. The molecule has 2 fully saturated rings. The molecule has 1 aliphatic carbocycles. The van der Waals surface area contributed by atoms with Gasteiger partial charge in [0.15, 0.2) is 5.78 Å². The molecular weight excluding hydrogens is 348 g/mol. The number of benzene rings is 1. The predicted molar refractivity (Wildman–Crippen MR) is 105 cm³/mol. The van der Waals surface area contributed by atoms with Gasteiger partial charge in [-0.15, -0.1) is 0 Å². The van der Waals surface area contributed by atoms with Crippen molar-refractivity contribution in [1.29, 1.82) is 0 Å². The molecule has 0 unspecified atom stereocenters. The maximum absolute atomic E-state index is 12.6. The lowest BCUT2D eigenvalue weighted by Gasteiger charge is -2.33. The van der Waals surface area contributed by atoms with Crippen molar-refractivity contribution in [3.63, 3.8) is 0 Å². The summed E-state index contributed by atoms with van der Waals surface area (Å²) in [7, 11) is 0. The second kappa shape index (κ2) is 9.01. The lowest BCUT2D eigenvalue weighted by molar-refractivity contribution is -0.123. The Bertz CT molecular complexity index is 623. The van der Waals surface area contributed by atoms with Gasteiger partial charge in [0.25, 0.3) is 0 Å². The summed E-state index contributed by atoms with van der Waals surface area (Å²) in [5.41, 5.74) is 0.733. The zero-order valence-electron chi connectivity index (χ0n) is 15.5. The molecule has 1 N–H and O–H groups in total. The van der Waals surface area contributed by atoms with Crippen LogP contribution in [0.15, 0.2) is 24.3 Å². The highest BCUT2D eigenvalue weighted by atomic mass is 35.5. The van der Waals surface area contributed by atoms with Crippen LogP contribution in [0, 0.1) is 11.8 Å². The molecule has 5 heteroatoms. The van der Waals surface area contributed by atoms with E-state index in [0.717, 1.165) is 37.9 Å². The lowest BCUT2D eigenvalue weighted by Crippen LogP contribution is -2.47. The molecule has 142 valence electrons. The topological polar surface area (TPSA) is 49.4 Å². The van der Waals surface area contributed by atoms with Crippen LogP contribution in [0.1, 0.15) is 55.8 Å². The van der Waals surface area contributed by atoms with E-state index in [2.05, 4.69) is 17.1 Å². The molecule has 1 saturated carbocycles. The summed E-state index contributed by atoms with van der Waals surface area (Å²) < 4.78 is 0. The van der Waals surface area contributed by atoms with Gasteiger partial charge in [0.1, 0.15) is 0 Å². The standard InChI is InChI=1S/C21H29ClN2O2/c1-15-4-2-3-5-19(15)23-20(25)14-24-12-10-17(11-13-24)21(26)16-6-8-18(22)9-7-16/h6-9,15,17,19H,2-5,10-14H2,1H3,(H,23,25)/t15-,19+/m0/s1. The van der Waals surface area contributed by atoms with E-state index < -0.39 is 0 Å². The number of carbonyl (C=O) groups excluding carboxylic acids is 2. The van der Waals surface area contributed by atoms with Gasteiger partial charge in [-0.05, 0) is 69.0 Å². The first-order valence-corrected chi connectivity index (χ1v) is 10.2. The van der Waals surface area contributed by atoms with Crippen LogP contribution in [-0.2, 0) is 4.79 Å².